The van der Waals surface area contributed by atoms with Crippen molar-refractivity contribution in [3.63, 3.8) is 0 Å². The molecular weight excluding hydrogens is 420 g/mol. The van der Waals surface area contributed by atoms with Crippen LogP contribution in [-0.2, 0) is 10.0 Å². The Morgan fingerprint density at radius 3 is 2.31 bits per heavy atom. The summed E-state index contributed by atoms with van der Waals surface area (Å²) in [7, 11) is -3.70. The van der Waals surface area contributed by atoms with Gasteiger partial charge in [-0.05, 0) is 86.6 Å². The molecule has 1 saturated heterocycles. The molecule has 1 N–H and O–H groups in total. The lowest BCUT2D eigenvalue weighted by Gasteiger charge is -2.30. The van der Waals surface area contributed by atoms with Crippen LogP contribution in [0.2, 0.25) is 0 Å². The minimum atomic E-state index is -3.70. The number of anilines is 2. The van der Waals surface area contributed by atoms with Crippen molar-refractivity contribution in [3.8, 4) is 11.3 Å². The van der Waals surface area contributed by atoms with Crippen LogP contribution in [0.5, 0.6) is 0 Å². The molecule has 168 valence electrons. The summed E-state index contributed by atoms with van der Waals surface area (Å²) in [6, 6.07) is 14.8. The Morgan fingerprint density at radius 2 is 1.62 bits per heavy atom. The minimum absolute atomic E-state index is 0.297. The van der Waals surface area contributed by atoms with Crippen molar-refractivity contribution in [2.45, 2.75) is 45.4 Å². The van der Waals surface area contributed by atoms with Crippen LogP contribution in [0, 0.1) is 26.7 Å². The SMILES string of the molecule is Cc1cc(C)c(S(=O)(=O)Nc2cccc(-c3ccc(N4CCC(C)CC4)nn3)c2)cc1C. The topological polar surface area (TPSA) is 75.2 Å². The van der Waals surface area contributed by atoms with Crippen molar-refractivity contribution in [1.29, 1.82) is 0 Å². The Bertz CT molecular complexity index is 1220. The molecule has 1 aromatic heterocycles. The standard InChI is InChI=1S/C25H30N4O2S/c1-17-10-12-29(13-11-17)25-9-8-23(26-27-25)21-6-5-7-22(16-21)28-32(30,31)24-15-19(3)18(2)14-20(24)4/h5-9,14-17,28H,10-13H2,1-4H3. The zero-order valence-corrected chi connectivity index (χ0v) is 19.9. The number of piperidine rings is 1. The fraction of sp³-hybridized carbons (Fsp3) is 0.360. The molecule has 0 amide bonds. The lowest BCUT2D eigenvalue weighted by atomic mass is 9.99. The maximum absolute atomic E-state index is 13.0. The maximum Gasteiger partial charge on any atom is 0.262 e. The van der Waals surface area contributed by atoms with E-state index in [0.29, 0.717) is 16.3 Å². The van der Waals surface area contributed by atoms with E-state index in [2.05, 4.69) is 26.7 Å². The molecule has 32 heavy (non-hydrogen) atoms. The average molecular weight is 451 g/mol. The zero-order valence-electron chi connectivity index (χ0n) is 19.1. The van der Waals surface area contributed by atoms with Crippen LogP contribution in [0.3, 0.4) is 0 Å². The second-order valence-electron chi connectivity index (χ2n) is 8.83. The van der Waals surface area contributed by atoms with E-state index in [9.17, 15) is 8.42 Å². The Balaban J connectivity index is 1.54. The monoisotopic (exact) mass is 450 g/mol. The third kappa shape index (κ3) is 4.78. The van der Waals surface area contributed by atoms with Crippen LogP contribution in [0.25, 0.3) is 11.3 Å². The van der Waals surface area contributed by atoms with E-state index >= 15 is 0 Å². The van der Waals surface area contributed by atoms with Gasteiger partial charge in [0.05, 0.1) is 10.6 Å². The lowest BCUT2D eigenvalue weighted by molar-refractivity contribution is 0.436. The number of nitrogens with one attached hydrogen (secondary N) is 1. The minimum Gasteiger partial charge on any atom is -0.355 e. The molecule has 3 aromatic rings. The number of benzene rings is 2. The number of aryl methyl sites for hydroxylation is 3. The molecule has 6 nitrogen and oxygen atoms in total. The third-order valence-corrected chi connectivity index (χ3v) is 7.77. The van der Waals surface area contributed by atoms with E-state index in [1.54, 1.807) is 18.2 Å². The van der Waals surface area contributed by atoms with E-state index in [4.69, 9.17) is 0 Å². The normalized spacial score (nSPS) is 15.1. The number of sulfonamides is 1. The molecule has 0 atom stereocenters. The highest BCUT2D eigenvalue weighted by molar-refractivity contribution is 7.92. The molecular formula is C25H30N4O2S. The first-order chi connectivity index (χ1) is 15.2. The largest absolute Gasteiger partial charge is 0.355 e. The molecule has 4 rings (SSSR count). The van der Waals surface area contributed by atoms with Crippen molar-refractivity contribution in [1.82, 2.24) is 10.2 Å². The summed E-state index contributed by atoms with van der Waals surface area (Å²) >= 11 is 0. The zero-order chi connectivity index (χ0) is 22.9. The van der Waals surface area contributed by atoms with Gasteiger partial charge in [-0.15, -0.1) is 10.2 Å². The van der Waals surface area contributed by atoms with E-state index in [1.807, 2.05) is 51.1 Å². The third-order valence-electron chi connectivity index (χ3n) is 6.25. The van der Waals surface area contributed by atoms with Gasteiger partial charge in [0.15, 0.2) is 5.82 Å². The number of aromatic nitrogens is 2. The van der Waals surface area contributed by atoms with Gasteiger partial charge in [-0.1, -0.05) is 25.1 Å². The van der Waals surface area contributed by atoms with Crippen LogP contribution in [-0.4, -0.2) is 31.7 Å². The first-order valence-electron chi connectivity index (χ1n) is 11.0. The number of hydrogen-bond donors (Lipinski definition) is 1. The van der Waals surface area contributed by atoms with Crippen LogP contribution < -0.4 is 9.62 Å². The van der Waals surface area contributed by atoms with Gasteiger partial charge in [-0.25, -0.2) is 8.42 Å². The summed E-state index contributed by atoms with van der Waals surface area (Å²) in [6.45, 7) is 10.0. The molecule has 2 aromatic carbocycles. The number of hydrogen-bond acceptors (Lipinski definition) is 5. The van der Waals surface area contributed by atoms with Crippen molar-refractivity contribution >= 4 is 21.5 Å². The molecule has 0 bridgehead atoms. The van der Waals surface area contributed by atoms with Crippen LogP contribution >= 0.6 is 0 Å². The molecule has 0 radical (unpaired) electrons. The van der Waals surface area contributed by atoms with Crippen molar-refractivity contribution in [2.75, 3.05) is 22.7 Å². The summed E-state index contributed by atoms with van der Waals surface area (Å²) in [5.41, 5.74) is 4.77. The van der Waals surface area contributed by atoms with Gasteiger partial charge in [0.25, 0.3) is 10.0 Å². The fourth-order valence-electron chi connectivity index (χ4n) is 4.06. The summed E-state index contributed by atoms with van der Waals surface area (Å²) < 4.78 is 28.8. The number of rotatable bonds is 5. The highest BCUT2D eigenvalue weighted by Gasteiger charge is 2.19. The first kappa shape index (κ1) is 22.3. The predicted molar refractivity (Wildman–Crippen MR) is 130 cm³/mol. The Morgan fingerprint density at radius 1 is 0.906 bits per heavy atom. The van der Waals surface area contributed by atoms with Gasteiger partial charge in [0, 0.05) is 24.3 Å². The second-order valence-corrected chi connectivity index (χ2v) is 10.5. The van der Waals surface area contributed by atoms with Gasteiger partial charge < -0.3 is 4.90 Å². The average Bonchev–Trinajstić information content (AvgIpc) is 2.77. The fourth-order valence-corrected chi connectivity index (χ4v) is 5.42. The highest BCUT2D eigenvalue weighted by atomic mass is 32.2. The molecule has 1 aliphatic rings. The van der Waals surface area contributed by atoms with E-state index in [-0.39, 0.29) is 0 Å². The van der Waals surface area contributed by atoms with Gasteiger partial charge in [0.1, 0.15) is 0 Å². The molecule has 0 aliphatic carbocycles. The predicted octanol–water partition coefficient (Wildman–Crippen LogP) is 5.11. The van der Waals surface area contributed by atoms with Crippen molar-refractivity contribution < 1.29 is 8.42 Å². The summed E-state index contributed by atoms with van der Waals surface area (Å²) in [6.07, 6.45) is 2.34. The van der Waals surface area contributed by atoms with E-state index < -0.39 is 10.0 Å². The maximum atomic E-state index is 13.0. The molecule has 0 saturated carbocycles. The van der Waals surface area contributed by atoms with Gasteiger partial charge >= 0.3 is 0 Å². The Labute approximate surface area is 190 Å². The van der Waals surface area contributed by atoms with Crippen LogP contribution in [0.15, 0.2) is 53.4 Å². The summed E-state index contributed by atoms with van der Waals surface area (Å²) in [5, 5.41) is 8.83. The molecule has 1 aliphatic heterocycles. The quantitative estimate of drug-likeness (QED) is 0.585. The van der Waals surface area contributed by atoms with Gasteiger partial charge in [-0.2, -0.15) is 0 Å². The first-order valence-corrected chi connectivity index (χ1v) is 12.5. The molecule has 0 spiro atoms. The van der Waals surface area contributed by atoms with E-state index in [1.165, 1.54) is 12.8 Å². The summed E-state index contributed by atoms with van der Waals surface area (Å²) in [5.74, 6) is 1.65. The van der Waals surface area contributed by atoms with Gasteiger partial charge in [0.2, 0.25) is 0 Å². The summed E-state index contributed by atoms with van der Waals surface area (Å²) in [4.78, 5) is 2.57. The number of nitrogens with zero attached hydrogens (tertiary/aromatic N) is 3. The molecule has 7 heteroatoms. The molecule has 0 unspecified atom stereocenters. The van der Waals surface area contributed by atoms with Gasteiger partial charge in [-0.3, -0.25) is 4.72 Å². The van der Waals surface area contributed by atoms with Crippen LogP contribution in [0.4, 0.5) is 11.5 Å². The van der Waals surface area contributed by atoms with Crippen LogP contribution in [0.1, 0.15) is 36.5 Å². The van der Waals surface area contributed by atoms with Crippen molar-refractivity contribution in [3.05, 3.63) is 65.2 Å². The van der Waals surface area contributed by atoms with Crippen molar-refractivity contribution in [2.24, 2.45) is 5.92 Å². The Kier molecular flexibility index (Phi) is 6.20. The smallest absolute Gasteiger partial charge is 0.262 e. The molecule has 1 fully saturated rings. The van der Waals surface area contributed by atoms with E-state index in [0.717, 1.165) is 47.1 Å². The molecule has 2 heterocycles. The Hall–Kier alpha value is -2.93. The highest BCUT2D eigenvalue weighted by Crippen LogP contribution is 2.27. The second kappa shape index (κ2) is 8.90. The lowest BCUT2D eigenvalue weighted by Crippen LogP contribution is -2.33.